The number of carbonyl (C=O) groups is 2. The molecule has 0 N–H and O–H groups in total. The second-order valence-electron chi connectivity index (χ2n) is 5.91. The lowest BCUT2D eigenvalue weighted by Crippen LogP contribution is -2.40. The average molecular weight is 328 g/mol. The maximum absolute atomic E-state index is 12.7. The van der Waals surface area contributed by atoms with Gasteiger partial charge in [-0.2, -0.15) is 11.3 Å². The molecule has 0 aliphatic carbocycles. The number of hydrogen-bond donors (Lipinski definition) is 0. The van der Waals surface area contributed by atoms with E-state index in [1.165, 1.54) is 6.20 Å². The van der Waals surface area contributed by atoms with Gasteiger partial charge < -0.3 is 9.80 Å². The fourth-order valence-corrected chi connectivity index (χ4v) is 4.11. The minimum atomic E-state index is -0.134. The zero-order valence-corrected chi connectivity index (χ0v) is 13.5. The first kappa shape index (κ1) is 14.3. The monoisotopic (exact) mass is 328 g/mol. The highest BCUT2D eigenvalue weighted by atomic mass is 32.1. The molecule has 2 aliphatic heterocycles. The number of thiophene rings is 1. The van der Waals surface area contributed by atoms with Gasteiger partial charge in [0.25, 0.3) is 5.91 Å². The summed E-state index contributed by atoms with van der Waals surface area (Å²) in [4.78, 5) is 37.1. The molecule has 7 heteroatoms. The summed E-state index contributed by atoms with van der Waals surface area (Å²) in [6.07, 6.45) is 4.29. The maximum Gasteiger partial charge on any atom is 0.274 e. The van der Waals surface area contributed by atoms with Crippen molar-refractivity contribution in [2.75, 3.05) is 11.4 Å². The van der Waals surface area contributed by atoms with E-state index in [2.05, 4.69) is 9.97 Å². The van der Waals surface area contributed by atoms with E-state index >= 15 is 0 Å². The first-order valence-electron chi connectivity index (χ1n) is 7.59. The summed E-state index contributed by atoms with van der Waals surface area (Å²) < 4.78 is 0. The Labute approximate surface area is 137 Å². The van der Waals surface area contributed by atoms with E-state index < -0.39 is 0 Å². The van der Waals surface area contributed by atoms with Crippen LogP contribution in [0.1, 0.15) is 29.0 Å². The number of aromatic nitrogens is 2. The lowest BCUT2D eigenvalue weighted by molar-refractivity contribution is -0.117. The van der Waals surface area contributed by atoms with Crippen molar-refractivity contribution in [1.29, 1.82) is 0 Å². The molecule has 2 atom stereocenters. The first-order chi connectivity index (χ1) is 11.1. The number of hydrogen-bond acceptors (Lipinski definition) is 5. The molecule has 4 heterocycles. The van der Waals surface area contributed by atoms with Gasteiger partial charge in [0.05, 0.1) is 29.7 Å². The summed E-state index contributed by atoms with van der Waals surface area (Å²) in [6, 6.07) is 1.96. The van der Waals surface area contributed by atoms with Gasteiger partial charge in [-0.1, -0.05) is 0 Å². The normalized spacial score (nSPS) is 23.4. The number of amides is 2. The topological polar surface area (TPSA) is 66.4 Å². The standard InChI is InChI=1S/C16H16N4O2S/c1-10-7-18-12(8-17-10)16(22)19-4-2-13-14(19)6-15(21)20(13)11-3-5-23-9-11/h3,5,7-9,13-14H,2,4,6H2,1H3/t13-,14+/m0/s1. The van der Waals surface area contributed by atoms with Crippen LogP contribution in [0.25, 0.3) is 0 Å². The fraction of sp³-hybridized carbons (Fsp3) is 0.375. The maximum atomic E-state index is 12.7. The lowest BCUT2D eigenvalue weighted by atomic mass is 10.1. The number of rotatable bonds is 2. The van der Waals surface area contributed by atoms with E-state index in [0.29, 0.717) is 18.7 Å². The van der Waals surface area contributed by atoms with E-state index in [9.17, 15) is 9.59 Å². The highest BCUT2D eigenvalue weighted by Gasteiger charge is 2.49. The molecule has 0 unspecified atom stereocenters. The molecule has 0 spiro atoms. The molecular formula is C16H16N4O2S. The number of likely N-dealkylation sites (tertiary alicyclic amines) is 1. The van der Waals surface area contributed by atoms with Gasteiger partial charge in [-0.25, -0.2) is 4.98 Å². The van der Waals surface area contributed by atoms with Crippen LogP contribution in [0.3, 0.4) is 0 Å². The summed E-state index contributed by atoms with van der Waals surface area (Å²) in [5.74, 6) is -0.0455. The molecule has 6 nitrogen and oxygen atoms in total. The molecule has 118 valence electrons. The zero-order valence-electron chi connectivity index (χ0n) is 12.7. The van der Waals surface area contributed by atoms with Gasteiger partial charge in [-0.3, -0.25) is 14.6 Å². The molecule has 2 aliphatic rings. The van der Waals surface area contributed by atoms with Crippen LogP contribution in [-0.2, 0) is 4.79 Å². The van der Waals surface area contributed by atoms with Crippen LogP contribution in [0, 0.1) is 6.92 Å². The van der Waals surface area contributed by atoms with E-state index in [-0.39, 0.29) is 23.9 Å². The van der Waals surface area contributed by atoms with Crippen molar-refractivity contribution in [2.24, 2.45) is 0 Å². The van der Waals surface area contributed by atoms with Crippen LogP contribution in [0.15, 0.2) is 29.2 Å². The SMILES string of the molecule is Cc1cnc(C(=O)N2CC[C@H]3[C@H]2CC(=O)N3c2ccsc2)cn1. The summed E-state index contributed by atoms with van der Waals surface area (Å²) in [7, 11) is 0. The second-order valence-corrected chi connectivity index (χ2v) is 6.69. The van der Waals surface area contributed by atoms with E-state index in [4.69, 9.17) is 0 Å². The Morgan fingerprint density at radius 2 is 2.17 bits per heavy atom. The molecule has 2 fully saturated rings. The highest BCUT2D eigenvalue weighted by Crippen LogP contribution is 2.37. The molecular weight excluding hydrogens is 312 g/mol. The molecule has 0 bridgehead atoms. The van der Waals surface area contributed by atoms with Crippen molar-refractivity contribution < 1.29 is 9.59 Å². The van der Waals surface area contributed by atoms with Crippen molar-refractivity contribution in [3.63, 3.8) is 0 Å². The Balaban J connectivity index is 1.58. The average Bonchev–Trinajstić information content (AvgIpc) is 3.24. The van der Waals surface area contributed by atoms with Gasteiger partial charge >= 0.3 is 0 Å². The van der Waals surface area contributed by atoms with Crippen molar-refractivity contribution in [3.8, 4) is 0 Å². The van der Waals surface area contributed by atoms with E-state index in [0.717, 1.165) is 17.8 Å². The van der Waals surface area contributed by atoms with Gasteiger partial charge in [0, 0.05) is 24.5 Å². The zero-order chi connectivity index (χ0) is 16.0. The number of aryl methyl sites for hydroxylation is 1. The van der Waals surface area contributed by atoms with Crippen LogP contribution in [0.4, 0.5) is 5.69 Å². The fourth-order valence-electron chi connectivity index (χ4n) is 3.48. The Bertz CT molecular complexity index is 744. The Kier molecular flexibility index (Phi) is 3.37. The third kappa shape index (κ3) is 2.31. The van der Waals surface area contributed by atoms with Crippen molar-refractivity contribution in [2.45, 2.75) is 31.8 Å². The molecule has 2 aromatic rings. The summed E-state index contributed by atoms with van der Waals surface area (Å²) in [5, 5.41) is 3.95. The van der Waals surface area contributed by atoms with Gasteiger partial charge in [0.1, 0.15) is 5.69 Å². The van der Waals surface area contributed by atoms with E-state index in [1.807, 2.05) is 28.7 Å². The van der Waals surface area contributed by atoms with Crippen LogP contribution >= 0.6 is 11.3 Å². The number of fused-ring (bicyclic) bond motifs is 1. The number of carbonyl (C=O) groups excluding carboxylic acids is 2. The molecule has 23 heavy (non-hydrogen) atoms. The Morgan fingerprint density at radius 3 is 2.87 bits per heavy atom. The van der Waals surface area contributed by atoms with Crippen LogP contribution in [-0.4, -0.2) is 45.3 Å². The number of anilines is 1. The predicted molar refractivity (Wildman–Crippen MR) is 86.4 cm³/mol. The molecule has 0 saturated carbocycles. The summed E-state index contributed by atoms with van der Waals surface area (Å²) in [5.41, 5.74) is 2.06. The third-order valence-corrected chi connectivity index (χ3v) is 5.21. The second kappa shape index (κ2) is 5.42. The van der Waals surface area contributed by atoms with Crippen LogP contribution < -0.4 is 4.90 Å². The summed E-state index contributed by atoms with van der Waals surface area (Å²) >= 11 is 1.58. The van der Waals surface area contributed by atoms with Crippen molar-refractivity contribution >= 4 is 28.8 Å². The quantitative estimate of drug-likeness (QED) is 0.844. The van der Waals surface area contributed by atoms with Crippen molar-refractivity contribution in [1.82, 2.24) is 14.9 Å². The molecule has 2 saturated heterocycles. The predicted octanol–water partition coefficient (Wildman–Crippen LogP) is 1.87. The first-order valence-corrected chi connectivity index (χ1v) is 8.53. The van der Waals surface area contributed by atoms with Crippen molar-refractivity contribution in [3.05, 3.63) is 40.6 Å². The number of nitrogens with zero attached hydrogens (tertiary/aromatic N) is 4. The summed E-state index contributed by atoms with van der Waals surface area (Å²) in [6.45, 7) is 2.49. The largest absolute Gasteiger partial charge is 0.332 e. The highest BCUT2D eigenvalue weighted by molar-refractivity contribution is 7.08. The van der Waals surface area contributed by atoms with Gasteiger partial charge in [-0.05, 0) is 24.8 Å². The smallest absolute Gasteiger partial charge is 0.274 e. The molecule has 2 aromatic heterocycles. The van der Waals surface area contributed by atoms with Gasteiger partial charge in [0.2, 0.25) is 5.91 Å². The third-order valence-electron chi connectivity index (χ3n) is 4.54. The molecule has 4 rings (SSSR count). The molecule has 0 radical (unpaired) electrons. The Hall–Kier alpha value is -2.28. The van der Waals surface area contributed by atoms with Crippen LogP contribution in [0.5, 0.6) is 0 Å². The van der Waals surface area contributed by atoms with Gasteiger partial charge in [0.15, 0.2) is 0 Å². The van der Waals surface area contributed by atoms with Crippen LogP contribution in [0.2, 0.25) is 0 Å². The molecule has 0 aromatic carbocycles. The van der Waals surface area contributed by atoms with Gasteiger partial charge in [-0.15, -0.1) is 0 Å². The minimum Gasteiger partial charge on any atom is -0.332 e. The molecule has 2 amide bonds. The Morgan fingerprint density at radius 1 is 1.30 bits per heavy atom. The minimum absolute atomic E-state index is 0.0689. The van der Waals surface area contributed by atoms with E-state index in [1.54, 1.807) is 22.4 Å². The lowest BCUT2D eigenvalue weighted by Gasteiger charge is -2.24.